The van der Waals surface area contributed by atoms with Gasteiger partial charge in [0, 0.05) is 17.1 Å². The largest absolute Gasteiger partial charge is 0.463 e. The van der Waals surface area contributed by atoms with Crippen LogP contribution in [-0.4, -0.2) is 41.8 Å². The van der Waals surface area contributed by atoms with Crippen molar-refractivity contribution in [1.82, 2.24) is 15.2 Å². The highest BCUT2D eigenvalue weighted by Crippen LogP contribution is 2.22. The van der Waals surface area contributed by atoms with Gasteiger partial charge in [0.2, 0.25) is 0 Å². The standard InChI is InChI=1S/C22H25N3O5/c1-5-29-21(27)19-14(3)23-22(28)24-18(19)12-30-20(26)17-11-13(2)25(15(17)4)16-9-7-6-8-10-16/h6-11,14H,5,12H2,1-4H3,(H2,23,24,28). The molecule has 0 bridgehead atoms. The first-order valence-electron chi connectivity index (χ1n) is 9.72. The minimum absolute atomic E-state index is 0.196. The summed E-state index contributed by atoms with van der Waals surface area (Å²) in [7, 11) is 0. The van der Waals surface area contributed by atoms with E-state index in [0.29, 0.717) is 5.56 Å². The molecule has 3 rings (SSSR count). The molecule has 0 saturated carbocycles. The van der Waals surface area contributed by atoms with Gasteiger partial charge in [0.05, 0.1) is 29.5 Å². The van der Waals surface area contributed by atoms with E-state index in [1.165, 1.54) is 0 Å². The van der Waals surface area contributed by atoms with E-state index >= 15 is 0 Å². The first kappa shape index (κ1) is 21.2. The van der Waals surface area contributed by atoms with E-state index in [1.807, 2.05) is 48.7 Å². The third-order valence-corrected chi connectivity index (χ3v) is 4.88. The fourth-order valence-electron chi connectivity index (χ4n) is 3.55. The summed E-state index contributed by atoms with van der Waals surface area (Å²) in [5.41, 5.74) is 3.45. The van der Waals surface area contributed by atoms with Crippen LogP contribution in [-0.2, 0) is 14.3 Å². The number of aryl methyl sites for hydroxylation is 1. The Morgan fingerprint density at radius 1 is 1.10 bits per heavy atom. The van der Waals surface area contributed by atoms with Crippen molar-refractivity contribution >= 4 is 18.0 Å². The highest BCUT2D eigenvalue weighted by Gasteiger charge is 2.30. The lowest BCUT2D eigenvalue weighted by Crippen LogP contribution is -2.50. The normalized spacial score (nSPS) is 16.0. The van der Waals surface area contributed by atoms with Crippen molar-refractivity contribution in [2.45, 2.75) is 33.7 Å². The lowest BCUT2D eigenvalue weighted by Gasteiger charge is -2.26. The molecule has 2 amide bonds. The number of hydrogen-bond donors (Lipinski definition) is 2. The average molecular weight is 411 g/mol. The van der Waals surface area contributed by atoms with Crippen molar-refractivity contribution in [3.8, 4) is 5.69 Å². The summed E-state index contributed by atoms with van der Waals surface area (Å²) < 4.78 is 12.5. The maximum atomic E-state index is 12.8. The van der Waals surface area contributed by atoms with Crippen LogP contribution in [0.3, 0.4) is 0 Å². The number of esters is 2. The Kier molecular flexibility index (Phi) is 6.25. The van der Waals surface area contributed by atoms with Gasteiger partial charge in [-0.1, -0.05) is 18.2 Å². The third kappa shape index (κ3) is 4.22. The molecule has 1 unspecified atom stereocenters. The fraction of sp³-hybridized carbons (Fsp3) is 0.318. The molecule has 1 atom stereocenters. The van der Waals surface area contributed by atoms with E-state index in [-0.39, 0.29) is 24.5 Å². The molecule has 0 spiro atoms. The van der Waals surface area contributed by atoms with Crippen molar-refractivity contribution in [2.24, 2.45) is 0 Å². The summed E-state index contributed by atoms with van der Waals surface area (Å²) in [4.78, 5) is 36.9. The van der Waals surface area contributed by atoms with E-state index < -0.39 is 24.0 Å². The number of nitrogens with zero attached hydrogens (tertiary/aromatic N) is 1. The Bertz CT molecular complexity index is 1010. The van der Waals surface area contributed by atoms with E-state index in [9.17, 15) is 14.4 Å². The second-order valence-electron chi connectivity index (χ2n) is 6.96. The van der Waals surface area contributed by atoms with Gasteiger partial charge in [-0.3, -0.25) is 0 Å². The van der Waals surface area contributed by atoms with E-state index in [4.69, 9.17) is 9.47 Å². The molecule has 158 valence electrons. The lowest BCUT2D eigenvalue weighted by atomic mass is 10.0. The van der Waals surface area contributed by atoms with Gasteiger partial charge < -0.3 is 24.7 Å². The predicted molar refractivity (Wildman–Crippen MR) is 110 cm³/mol. The van der Waals surface area contributed by atoms with Gasteiger partial charge in [-0.05, 0) is 45.9 Å². The molecular formula is C22H25N3O5. The summed E-state index contributed by atoms with van der Waals surface area (Å²) in [6.45, 7) is 7.06. The minimum Gasteiger partial charge on any atom is -0.463 e. The minimum atomic E-state index is -0.564. The van der Waals surface area contributed by atoms with Gasteiger partial charge in [0.15, 0.2) is 0 Å². The Balaban J connectivity index is 1.83. The highest BCUT2D eigenvalue weighted by molar-refractivity contribution is 5.95. The SMILES string of the molecule is CCOC(=O)C1=C(COC(=O)c2cc(C)n(-c3ccccc3)c2C)NC(=O)NC1C. The van der Waals surface area contributed by atoms with Crippen molar-refractivity contribution in [3.05, 3.63) is 64.6 Å². The molecule has 8 nitrogen and oxygen atoms in total. The topological polar surface area (TPSA) is 98.7 Å². The fourth-order valence-corrected chi connectivity index (χ4v) is 3.55. The number of carbonyl (C=O) groups excluding carboxylic acids is 3. The second kappa shape index (κ2) is 8.86. The molecule has 0 aliphatic carbocycles. The number of carbonyl (C=O) groups is 3. The van der Waals surface area contributed by atoms with E-state index in [1.54, 1.807) is 19.9 Å². The summed E-state index contributed by atoms with van der Waals surface area (Å²) in [6.07, 6.45) is 0. The molecule has 0 saturated heterocycles. The Morgan fingerprint density at radius 2 is 1.80 bits per heavy atom. The quantitative estimate of drug-likeness (QED) is 0.712. The van der Waals surface area contributed by atoms with Crippen LogP contribution in [0, 0.1) is 13.8 Å². The number of hydrogen-bond acceptors (Lipinski definition) is 5. The number of ether oxygens (including phenoxy) is 2. The first-order valence-corrected chi connectivity index (χ1v) is 9.72. The van der Waals surface area contributed by atoms with Crippen molar-refractivity contribution in [3.63, 3.8) is 0 Å². The van der Waals surface area contributed by atoms with Crippen LogP contribution >= 0.6 is 0 Å². The monoisotopic (exact) mass is 411 g/mol. The zero-order chi connectivity index (χ0) is 21.8. The summed E-state index contributed by atoms with van der Waals surface area (Å²) in [6, 6.07) is 10.4. The zero-order valence-corrected chi connectivity index (χ0v) is 17.4. The van der Waals surface area contributed by atoms with Crippen LogP contribution in [0.5, 0.6) is 0 Å². The Hall–Kier alpha value is -3.55. The van der Waals surface area contributed by atoms with Crippen molar-refractivity contribution in [1.29, 1.82) is 0 Å². The molecule has 0 radical (unpaired) electrons. The maximum Gasteiger partial charge on any atom is 0.340 e. The molecular weight excluding hydrogens is 386 g/mol. The number of amides is 2. The molecule has 2 heterocycles. The van der Waals surface area contributed by atoms with Crippen LogP contribution in [0.15, 0.2) is 47.7 Å². The van der Waals surface area contributed by atoms with Crippen LogP contribution in [0.2, 0.25) is 0 Å². The number of benzene rings is 1. The van der Waals surface area contributed by atoms with Crippen molar-refractivity contribution < 1.29 is 23.9 Å². The molecule has 1 aromatic carbocycles. The third-order valence-electron chi connectivity index (χ3n) is 4.88. The average Bonchev–Trinajstić information content (AvgIpc) is 3.00. The van der Waals surface area contributed by atoms with Gasteiger partial charge >= 0.3 is 18.0 Å². The van der Waals surface area contributed by atoms with Gasteiger partial charge in [-0.15, -0.1) is 0 Å². The molecule has 2 N–H and O–H groups in total. The highest BCUT2D eigenvalue weighted by atomic mass is 16.5. The summed E-state index contributed by atoms with van der Waals surface area (Å²) >= 11 is 0. The molecule has 1 aliphatic heterocycles. The van der Waals surface area contributed by atoms with Crippen molar-refractivity contribution in [2.75, 3.05) is 13.2 Å². The maximum absolute atomic E-state index is 12.8. The molecule has 8 heteroatoms. The van der Waals surface area contributed by atoms with E-state index in [2.05, 4.69) is 10.6 Å². The number of urea groups is 1. The summed E-state index contributed by atoms with van der Waals surface area (Å²) in [5, 5.41) is 5.15. The summed E-state index contributed by atoms with van der Waals surface area (Å²) in [5.74, 6) is -1.10. The molecule has 0 fully saturated rings. The molecule has 1 aromatic heterocycles. The van der Waals surface area contributed by atoms with E-state index in [0.717, 1.165) is 17.1 Å². The van der Waals surface area contributed by atoms with Crippen LogP contribution in [0.25, 0.3) is 5.69 Å². The van der Waals surface area contributed by atoms with Crippen LogP contribution in [0.1, 0.15) is 35.6 Å². The van der Waals surface area contributed by atoms with Gasteiger partial charge in [0.25, 0.3) is 0 Å². The zero-order valence-electron chi connectivity index (χ0n) is 17.4. The van der Waals surface area contributed by atoms with Crippen LogP contribution < -0.4 is 10.6 Å². The van der Waals surface area contributed by atoms with Crippen LogP contribution in [0.4, 0.5) is 4.79 Å². The predicted octanol–water partition coefficient (Wildman–Crippen LogP) is 2.77. The first-order chi connectivity index (χ1) is 14.3. The smallest absolute Gasteiger partial charge is 0.340 e. The number of para-hydroxylation sites is 1. The van der Waals surface area contributed by atoms with Gasteiger partial charge in [-0.2, -0.15) is 0 Å². The second-order valence-corrected chi connectivity index (χ2v) is 6.96. The number of aromatic nitrogens is 1. The number of rotatable bonds is 6. The molecule has 2 aromatic rings. The number of nitrogens with one attached hydrogen (secondary N) is 2. The molecule has 1 aliphatic rings. The van der Waals surface area contributed by atoms with Gasteiger partial charge in [-0.25, -0.2) is 14.4 Å². The van der Waals surface area contributed by atoms with Gasteiger partial charge in [0.1, 0.15) is 6.61 Å². The Morgan fingerprint density at radius 3 is 2.47 bits per heavy atom. The Labute approximate surface area is 174 Å². The molecule has 30 heavy (non-hydrogen) atoms. The lowest BCUT2D eigenvalue weighted by molar-refractivity contribution is -0.139.